The largest absolute Gasteiger partial charge is 0.480 e. The van der Waals surface area contributed by atoms with Crippen molar-refractivity contribution in [2.24, 2.45) is 0 Å². The van der Waals surface area contributed by atoms with Gasteiger partial charge in [0.1, 0.15) is 11.7 Å². The van der Waals surface area contributed by atoms with Crippen molar-refractivity contribution >= 4 is 40.8 Å². The van der Waals surface area contributed by atoms with Crippen molar-refractivity contribution in [3.63, 3.8) is 0 Å². The number of carbonyl (C=O) groups excluding carboxylic acids is 2. The molecule has 1 atom stereocenters. The van der Waals surface area contributed by atoms with Crippen LogP contribution in [-0.2, 0) is 20.8 Å². The van der Waals surface area contributed by atoms with E-state index in [2.05, 4.69) is 5.32 Å². The first kappa shape index (κ1) is 23.8. The van der Waals surface area contributed by atoms with Gasteiger partial charge < -0.3 is 15.3 Å². The summed E-state index contributed by atoms with van der Waals surface area (Å²) < 4.78 is 0. The number of aliphatic carboxylic acids is 1. The number of carboxylic acids is 1. The molecule has 0 saturated heterocycles. The molecular formula is C21H22ClN3O6. The molecule has 0 radical (unpaired) electrons. The predicted octanol–water partition coefficient (Wildman–Crippen LogP) is 3.51. The minimum atomic E-state index is -1.34. The Morgan fingerprint density at radius 3 is 2.29 bits per heavy atom. The molecular weight excluding hydrogens is 426 g/mol. The van der Waals surface area contributed by atoms with Crippen molar-refractivity contribution in [1.29, 1.82) is 0 Å². The summed E-state index contributed by atoms with van der Waals surface area (Å²) in [6, 6.07) is 10.9. The number of hydrogen-bond acceptors (Lipinski definition) is 5. The first-order chi connectivity index (χ1) is 14.4. The van der Waals surface area contributed by atoms with Gasteiger partial charge in [0.05, 0.1) is 4.92 Å². The number of hydrogen-bond donors (Lipinski definition) is 2. The summed E-state index contributed by atoms with van der Waals surface area (Å²) in [6.45, 7) is 4.79. The monoisotopic (exact) mass is 447 g/mol. The van der Waals surface area contributed by atoms with E-state index in [1.807, 2.05) is 0 Å². The SMILES string of the molecule is CC(C)(C)N(C(=O)C(=O)Nc1cc(Cl)ccc1[N+](=O)[O-])[C@@H](Cc1ccccc1)C(=O)O. The average Bonchev–Trinajstić information content (AvgIpc) is 2.66. The summed E-state index contributed by atoms with van der Waals surface area (Å²) >= 11 is 5.86. The number of amides is 2. The Bertz CT molecular complexity index is 1000. The van der Waals surface area contributed by atoms with Crippen molar-refractivity contribution < 1.29 is 24.4 Å². The third kappa shape index (κ3) is 6.02. The average molecular weight is 448 g/mol. The zero-order valence-electron chi connectivity index (χ0n) is 17.2. The zero-order valence-corrected chi connectivity index (χ0v) is 17.9. The van der Waals surface area contributed by atoms with Gasteiger partial charge in [0, 0.05) is 23.0 Å². The smallest absolute Gasteiger partial charge is 0.326 e. The normalized spacial score (nSPS) is 12.0. The Balaban J connectivity index is 2.38. The van der Waals surface area contributed by atoms with Gasteiger partial charge in [-0.2, -0.15) is 0 Å². The minimum Gasteiger partial charge on any atom is -0.480 e. The topological polar surface area (TPSA) is 130 Å². The van der Waals surface area contributed by atoms with Crippen molar-refractivity contribution in [1.82, 2.24) is 4.90 Å². The predicted molar refractivity (Wildman–Crippen MR) is 115 cm³/mol. The number of carboxylic acid groups (broad SMARTS) is 1. The maximum Gasteiger partial charge on any atom is 0.326 e. The van der Waals surface area contributed by atoms with E-state index in [-0.39, 0.29) is 17.1 Å². The molecule has 164 valence electrons. The van der Waals surface area contributed by atoms with E-state index >= 15 is 0 Å². The van der Waals surface area contributed by atoms with Crippen LogP contribution in [0.15, 0.2) is 48.5 Å². The third-order valence-electron chi connectivity index (χ3n) is 4.41. The van der Waals surface area contributed by atoms with Crippen LogP contribution >= 0.6 is 11.6 Å². The van der Waals surface area contributed by atoms with Gasteiger partial charge in [-0.05, 0) is 38.5 Å². The maximum atomic E-state index is 13.0. The highest BCUT2D eigenvalue weighted by Crippen LogP contribution is 2.28. The molecule has 10 heteroatoms. The fourth-order valence-corrected chi connectivity index (χ4v) is 3.26. The minimum absolute atomic E-state index is 0.0240. The van der Waals surface area contributed by atoms with Gasteiger partial charge in [0.25, 0.3) is 5.69 Å². The van der Waals surface area contributed by atoms with Gasteiger partial charge >= 0.3 is 17.8 Å². The summed E-state index contributed by atoms with van der Waals surface area (Å²) in [7, 11) is 0. The number of nitro groups is 1. The van der Waals surface area contributed by atoms with Crippen molar-refractivity contribution in [3.05, 3.63) is 69.2 Å². The highest BCUT2D eigenvalue weighted by atomic mass is 35.5. The first-order valence-electron chi connectivity index (χ1n) is 9.27. The van der Waals surface area contributed by atoms with Gasteiger partial charge in [-0.3, -0.25) is 19.7 Å². The maximum absolute atomic E-state index is 13.0. The van der Waals surface area contributed by atoms with Gasteiger partial charge in [-0.15, -0.1) is 0 Å². The Morgan fingerprint density at radius 2 is 1.77 bits per heavy atom. The molecule has 0 saturated carbocycles. The Kier molecular flexibility index (Phi) is 7.35. The Morgan fingerprint density at radius 1 is 1.16 bits per heavy atom. The summed E-state index contributed by atoms with van der Waals surface area (Å²) in [6.07, 6.45) is -0.0240. The molecule has 0 aliphatic rings. The molecule has 9 nitrogen and oxygen atoms in total. The Labute approximate surface area is 183 Å². The molecule has 0 bridgehead atoms. The fourth-order valence-electron chi connectivity index (χ4n) is 3.09. The van der Waals surface area contributed by atoms with E-state index in [1.54, 1.807) is 51.1 Å². The van der Waals surface area contributed by atoms with Gasteiger partial charge in [-0.25, -0.2) is 4.79 Å². The van der Waals surface area contributed by atoms with Crippen LogP contribution in [0.5, 0.6) is 0 Å². The van der Waals surface area contributed by atoms with Crippen molar-refractivity contribution in [2.75, 3.05) is 5.32 Å². The van der Waals surface area contributed by atoms with Crippen molar-refractivity contribution in [2.45, 2.75) is 38.8 Å². The molecule has 2 amide bonds. The van der Waals surface area contributed by atoms with Gasteiger partial charge in [0.2, 0.25) is 0 Å². The number of nitrogens with zero attached hydrogens (tertiary/aromatic N) is 2. The third-order valence-corrected chi connectivity index (χ3v) is 4.64. The Hall–Kier alpha value is -3.46. The first-order valence-corrected chi connectivity index (χ1v) is 9.65. The number of nitrogens with one attached hydrogen (secondary N) is 1. The number of nitro benzene ring substituents is 1. The van der Waals surface area contributed by atoms with Crippen LogP contribution < -0.4 is 5.32 Å². The lowest BCUT2D eigenvalue weighted by atomic mass is 9.97. The molecule has 0 heterocycles. The van der Waals surface area contributed by atoms with Crippen LogP contribution in [0.4, 0.5) is 11.4 Å². The number of anilines is 1. The molecule has 0 aliphatic heterocycles. The van der Waals surface area contributed by atoms with E-state index in [1.165, 1.54) is 6.07 Å². The second-order valence-electron chi connectivity index (χ2n) is 7.76. The summed E-state index contributed by atoms with van der Waals surface area (Å²) in [5.41, 5.74) is -1.08. The molecule has 31 heavy (non-hydrogen) atoms. The lowest BCUT2D eigenvalue weighted by molar-refractivity contribution is -0.383. The van der Waals surface area contributed by atoms with Crippen molar-refractivity contribution in [3.8, 4) is 0 Å². The molecule has 0 aliphatic carbocycles. The van der Waals surface area contributed by atoms with Crippen LogP contribution in [0, 0.1) is 10.1 Å². The van der Waals surface area contributed by atoms with Crippen LogP contribution in [0.2, 0.25) is 5.02 Å². The van der Waals surface area contributed by atoms with Crippen LogP contribution in [0.25, 0.3) is 0 Å². The van der Waals surface area contributed by atoms with Crippen LogP contribution in [0.1, 0.15) is 26.3 Å². The second-order valence-corrected chi connectivity index (χ2v) is 8.20. The lowest BCUT2D eigenvalue weighted by Crippen LogP contribution is -2.58. The molecule has 2 aromatic rings. The number of carbonyl (C=O) groups is 3. The number of benzene rings is 2. The summed E-state index contributed by atoms with van der Waals surface area (Å²) in [5, 5.41) is 23.3. The van der Waals surface area contributed by atoms with E-state index in [0.717, 1.165) is 17.0 Å². The zero-order chi connectivity index (χ0) is 23.3. The molecule has 2 rings (SSSR count). The lowest BCUT2D eigenvalue weighted by Gasteiger charge is -2.39. The highest BCUT2D eigenvalue weighted by Gasteiger charge is 2.40. The molecule has 0 fully saturated rings. The quantitative estimate of drug-likeness (QED) is 0.396. The molecule has 0 spiro atoms. The van der Waals surface area contributed by atoms with E-state index in [4.69, 9.17) is 11.6 Å². The van der Waals surface area contributed by atoms with E-state index < -0.39 is 40.0 Å². The van der Waals surface area contributed by atoms with Gasteiger partial charge in [-0.1, -0.05) is 41.9 Å². The van der Waals surface area contributed by atoms with Crippen LogP contribution in [0.3, 0.4) is 0 Å². The second kappa shape index (κ2) is 9.57. The molecule has 0 unspecified atom stereocenters. The fraction of sp³-hybridized carbons (Fsp3) is 0.286. The molecule has 2 aromatic carbocycles. The summed E-state index contributed by atoms with van der Waals surface area (Å²) in [5.74, 6) is -3.63. The van der Waals surface area contributed by atoms with Gasteiger partial charge in [0.15, 0.2) is 0 Å². The highest BCUT2D eigenvalue weighted by molar-refractivity contribution is 6.40. The number of halogens is 1. The van der Waals surface area contributed by atoms with E-state index in [0.29, 0.717) is 5.56 Å². The molecule has 2 N–H and O–H groups in total. The summed E-state index contributed by atoms with van der Waals surface area (Å²) in [4.78, 5) is 49.2. The van der Waals surface area contributed by atoms with E-state index in [9.17, 15) is 29.6 Å². The number of rotatable bonds is 6. The molecule has 0 aromatic heterocycles. The standard InChI is InChI=1S/C21H22ClN3O6/c1-21(2,3)24(17(20(28)29)11-13-7-5-4-6-8-13)19(27)18(26)23-15-12-14(22)9-10-16(15)25(30)31/h4-10,12,17H,11H2,1-3H3,(H,23,26)(H,28,29)/t17-/m0/s1. The van der Waals surface area contributed by atoms with Crippen LogP contribution in [-0.4, -0.2) is 44.3 Å².